The monoisotopic (exact) mass is 268 g/mol. The third-order valence-electron chi connectivity index (χ3n) is 3.25. The number of anilines is 1. The Bertz CT molecular complexity index is 520. The van der Waals surface area contributed by atoms with E-state index in [1.54, 1.807) is 0 Å². The second-order valence-corrected chi connectivity index (χ2v) is 4.49. The highest BCUT2D eigenvalue weighted by atomic mass is 19.1. The SMILES string of the molecule is O=C(O)C1CCCN(c2c(F)cccc2[N+](=O)[O-])C1. The van der Waals surface area contributed by atoms with Gasteiger partial charge in [0.25, 0.3) is 5.69 Å². The molecule has 102 valence electrons. The summed E-state index contributed by atoms with van der Waals surface area (Å²) in [6, 6.07) is 3.64. The molecule has 1 aromatic carbocycles. The lowest BCUT2D eigenvalue weighted by Crippen LogP contribution is -2.39. The molecule has 7 heteroatoms. The summed E-state index contributed by atoms with van der Waals surface area (Å²) in [4.78, 5) is 22.7. The molecule has 0 radical (unpaired) electrons. The van der Waals surface area contributed by atoms with Gasteiger partial charge in [-0.15, -0.1) is 0 Å². The minimum absolute atomic E-state index is 0.0944. The van der Waals surface area contributed by atoms with Crippen LogP contribution in [0.1, 0.15) is 12.8 Å². The van der Waals surface area contributed by atoms with Gasteiger partial charge in [0.1, 0.15) is 0 Å². The van der Waals surface area contributed by atoms with Crippen LogP contribution in [0.4, 0.5) is 15.8 Å². The molecule has 0 aromatic heterocycles. The van der Waals surface area contributed by atoms with Gasteiger partial charge < -0.3 is 10.0 Å². The van der Waals surface area contributed by atoms with Crippen molar-refractivity contribution in [2.45, 2.75) is 12.8 Å². The van der Waals surface area contributed by atoms with Gasteiger partial charge in [-0.1, -0.05) is 6.07 Å². The molecule has 1 atom stereocenters. The number of carboxylic acids is 1. The van der Waals surface area contributed by atoms with Crippen LogP contribution in [0, 0.1) is 21.8 Å². The molecule has 0 aliphatic carbocycles. The van der Waals surface area contributed by atoms with Crippen molar-refractivity contribution in [1.82, 2.24) is 0 Å². The first kappa shape index (κ1) is 13.3. The molecule has 0 saturated carbocycles. The number of hydrogen-bond acceptors (Lipinski definition) is 4. The summed E-state index contributed by atoms with van der Waals surface area (Å²) in [5.74, 6) is -2.27. The first-order valence-electron chi connectivity index (χ1n) is 5.91. The third kappa shape index (κ3) is 2.64. The Labute approximate surface area is 108 Å². The van der Waals surface area contributed by atoms with Gasteiger partial charge in [-0.05, 0) is 18.9 Å². The number of para-hydroxylation sites is 1. The van der Waals surface area contributed by atoms with E-state index in [-0.39, 0.29) is 17.9 Å². The Morgan fingerprint density at radius 2 is 2.26 bits per heavy atom. The predicted molar refractivity (Wildman–Crippen MR) is 65.6 cm³/mol. The average Bonchev–Trinajstić information content (AvgIpc) is 2.38. The molecular weight excluding hydrogens is 255 g/mol. The Morgan fingerprint density at radius 1 is 1.53 bits per heavy atom. The summed E-state index contributed by atoms with van der Waals surface area (Å²) in [6.07, 6.45) is 1.08. The van der Waals surface area contributed by atoms with Gasteiger partial charge in [0, 0.05) is 19.2 Å². The minimum Gasteiger partial charge on any atom is -0.481 e. The normalized spacial score (nSPS) is 19.2. The predicted octanol–water partition coefficient (Wildman–Crippen LogP) is 2.03. The first-order valence-corrected chi connectivity index (χ1v) is 5.91. The molecule has 0 spiro atoms. The summed E-state index contributed by atoms with van der Waals surface area (Å²) in [5.41, 5.74) is -0.440. The molecule has 1 N–H and O–H groups in total. The van der Waals surface area contributed by atoms with Gasteiger partial charge in [-0.2, -0.15) is 0 Å². The largest absolute Gasteiger partial charge is 0.481 e. The van der Waals surface area contributed by atoms with E-state index in [4.69, 9.17) is 5.11 Å². The maximum Gasteiger partial charge on any atom is 0.308 e. The fourth-order valence-electron chi connectivity index (χ4n) is 2.35. The van der Waals surface area contributed by atoms with Crippen molar-refractivity contribution < 1.29 is 19.2 Å². The van der Waals surface area contributed by atoms with E-state index in [0.717, 1.165) is 6.07 Å². The van der Waals surface area contributed by atoms with Crippen molar-refractivity contribution in [2.24, 2.45) is 5.92 Å². The fraction of sp³-hybridized carbons (Fsp3) is 0.417. The van der Waals surface area contributed by atoms with E-state index in [1.165, 1.54) is 17.0 Å². The zero-order valence-electron chi connectivity index (χ0n) is 10.1. The number of nitro groups is 1. The van der Waals surface area contributed by atoms with Gasteiger partial charge in [-0.3, -0.25) is 14.9 Å². The maximum atomic E-state index is 13.8. The molecule has 1 aliphatic rings. The lowest BCUT2D eigenvalue weighted by atomic mass is 9.97. The number of halogens is 1. The molecule has 1 aromatic rings. The number of carbonyl (C=O) groups is 1. The molecule has 0 bridgehead atoms. The van der Waals surface area contributed by atoms with Crippen molar-refractivity contribution >= 4 is 17.3 Å². The Hall–Kier alpha value is -2.18. The van der Waals surface area contributed by atoms with E-state index in [1.807, 2.05) is 0 Å². The number of carboxylic acid groups (broad SMARTS) is 1. The van der Waals surface area contributed by atoms with Crippen LogP contribution in [-0.2, 0) is 4.79 Å². The van der Waals surface area contributed by atoms with Gasteiger partial charge in [0.2, 0.25) is 0 Å². The molecular formula is C12H13FN2O4. The van der Waals surface area contributed by atoms with Crippen LogP contribution in [-0.4, -0.2) is 29.1 Å². The molecule has 1 heterocycles. The van der Waals surface area contributed by atoms with E-state index in [9.17, 15) is 19.3 Å². The van der Waals surface area contributed by atoms with Crippen LogP contribution in [0.15, 0.2) is 18.2 Å². The van der Waals surface area contributed by atoms with Crippen molar-refractivity contribution in [3.8, 4) is 0 Å². The smallest absolute Gasteiger partial charge is 0.308 e. The van der Waals surface area contributed by atoms with Crippen LogP contribution < -0.4 is 4.90 Å². The van der Waals surface area contributed by atoms with Gasteiger partial charge in [-0.25, -0.2) is 4.39 Å². The van der Waals surface area contributed by atoms with Crippen molar-refractivity contribution in [2.75, 3.05) is 18.0 Å². The molecule has 6 nitrogen and oxygen atoms in total. The van der Waals surface area contributed by atoms with Gasteiger partial charge in [0.05, 0.1) is 10.8 Å². The van der Waals surface area contributed by atoms with E-state index in [0.29, 0.717) is 19.4 Å². The van der Waals surface area contributed by atoms with Crippen molar-refractivity contribution in [1.29, 1.82) is 0 Å². The highest BCUT2D eigenvalue weighted by molar-refractivity contribution is 5.72. The standard InChI is InChI=1S/C12H13FN2O4/c13-9-4-1-5-10(15(18)19)11(9)14-6-2-3-8(7-14)12(16)17/h1,4-5,8H,2-3,6-7H2,(H,16,17). The number of nitro benzene ring substituents is 1. The van der Waals surface area contributed by atoms with Crippen LogP contribution in [0.3, 0.4) is 0 Å². The lowest BCUT2D eigenvalue weighted by Gasteiger charge is -2.32. The number of benzene rings is 1. The highest BCUT2D eigenvalue weighted by Gasteiger charge is 2.30. The quantitative estimate of drug-likeness (QED) is 0.669. The molecule has 1 unspecified atom stereocenters. The number of aliphatic carboxylic acids is 1. The summed E-state index contributed by atoms with van der Waals surface area (Å²) < 4.78 is 13.8. The van der Waals surface area contributed by atoms with Gasteiger partial charge >= 0.3 is 5.97 Å². The molecule has 0 amide bonds. The summed E-state index contributed by atoms with van der Waals surface area (Å²) >= 11 is 0. The summed E-state index contributed by atoms with van der Waals surface area (Å²) in [6.45, 7) is 0.517. The highest BCUT2D eigenvalue weighted by Crippen LogP contribution is 2.33. The second kappa shape index (κ2) is 5.21. The van der Waals surface area contributed by atoms with E-state index >= 15 is 0 Å². The third-order valence-corrected chi connectivity index (χ3v) is 3.25. The topological polar surface area (TPSA) is 83.7 Å². The Morgan fingerprint density at radius 3 is 2.89 bits per heavy atom. The number of rotatable bonds is 3. The molecule has 1 fully saturated rings. The Kier molecular flexibility index (Phi) is 3.64. The lowest BCUT2D eigenvalue weighted by molar-refractivity contribution is -0.384. The van der Waals surface area contributed by atoms with Crippen LogP contribution in [0.25, 0.3) is 0 Å². The van der Waals surface area contributed by atoms with E-state index in [2.05, 4.69) is 0 Å². The minimum atomic E-state index is -0.955. The average molecular weight is 268 g/mol. The zero-order valence-corrected chi connectivity index (χ0v) is 10.1. The number of nitrogens with zero attached hydrogens (tertiary/aromatic N) is 2. The number of hydrogen-bond donors (Lipinski definition) is 1. The number of piperidine rings is 1. The van der Waals surface area contributed by atoms with E-state index < -0.39 is 22.6 Å². The molecule has 2 rings (SSSR count). The van der Waals surface area contributed by atoms with Crippen molar-refractivity contribution in [3.63, 3.8) is 0 Å². The Balaban J connectivity index is 2.35. The fourth-order valence-corrected chi connectivity index (χ4v) is 2.35. The summed E-state index contributed by atoms with van der Waals surface area (Å²) in [5, 5.41) is 19.9. The second-order valence-electron chi connectivity index (χ2n) is 4.49. The first-order chi connectivity index (χ1) is 9.00. The molecule has 1 aliphatic heterocycles. The zero-order chi connectivity index (χ0) is 14.0. The van der Waals surface area contributed by atoms with Crippen LogP contribution in [0.5, 0.6) is 0 Å². The molecule has 1 saturated heterocycles. The summed E-state index contributed by atoms with van der Waals surface area (Å²) in [7, 11) is 0. The van der Waals surface area contributed by atoms with Crippen LogP contribution >= 0.6 is 0 Å². The van der Waals surface area contributed by atoms with Crippen molar-refractivity contribution in [3.05, 3.63) is 34.1 Å². The molecule has 19 heavy (non-hydrogen) atoms. The van der Waals surface area contributed by atoms with Gasteiger partial charge in [0.15, 0.2) is 11.5 Å². The maximum absolute atomic E-state index is 13.8. The van der Waals surface area contributed by atoms with Crippen LogP contribution in [0.2, 0.25) is 0 Å².